The van der Waals surface area contributed by atoms with E-state index in [4.69, 9.17) is 0 Å². The molecule has 158 valence electrons. The molecule has 1 heterocycles. The Labute approximate surface area is 160 Å². The SMILES string of the molecule is CC(C)NC(=O)CNC(=O)c1cnn(-c2cccc(C(F)(F)F)c2)c1C(F)(F)F. The van der Waals surface area contributed by atoms with E-state index in [1.807, 2.05) is 5.32 Å². The minimum atomic E-state index is -5.10. The number of aromatic nitrogens is 2. The van der Waals surface area contributed by atoms with Gasteiger partial charge in [-0.2, -0.15) is 31.4 Å². The van der Waals surface area contributed by atoms with Crippen molar-refractivity contribution in [2.45, 2.75) is 32.2 Å². The van der Waals surface area contributed by atoms with Crippen molar-refractivity contribution in [3.05, 3.63) is 47.3 Å². The fraction of sp³-hybridized carbons (Fsp3) is 0.353. The maximum atomic E-state index is 13.6. The van der Waals surface area contributed by atoms with Crippen LogP contribution >= 0.6 is 0 Å². The summed E-state index contributed by atoms with van der Waals surface area (Å²) >= 11 is 0. The van der Waals surface area contributed by atoms with Crippen molar-refractivity contribution in [3.63, 3.8) is 0 Å². The Bertz CT molecular complexity index is 902. The van der Waals surface area contributed by atoms with Crippen molar-refractivity contribution >= 4 is 11.8 Å². The number of nitrogens with zero attached hydrogens (tertiary/aromatic N) is 2. The van der Waals surface area contributed by atoms with Gasteiger partial charge in [0, 0.05) is 6.04 Å². The van der Waals surface area contributed by atoms with Crippen LogP contribution in [0.3, 0.4) is 0 Å². The highest BCUT2D eigenvalue weighted by atomic mass is 19.4. The molecule has 2 rings (SSSR count). The fourth-order valence-corrected chi connectivity index (χ4v) is 2.43. The minimum Gasteiger partial charge on any atom is -0.352 e. The van der Waals surface area contributed by atoms with Gasteiger partial charge in [-0.15, -0.1) is 0 Å². The molecule has 0 radical (unpaired) electrons. The quantitative estimate of drug-likeness (QED) is 0.727. The molecule has 6 nitrogen and oxygen atoms in total. The molecule has 0 aliphatic rings. The van der Waals surface area contributed by atoms with E-state index in [1.165, 1.54) is 0 Å². The zero-order chi connectivity index (χ0) is 22.0. The van der Waals surface area contributed by atoms with Gasteiger partial charge < -0.3 is 10.6 Å². The van der Waals surface area contributed by atoms with E-state index < -0.39 is 53.2 Å². The number of alkyl halides is 6. The van der Waals surface area contributed by atoms with Gasteiger partial charge in [0.25, 0.3) is 5.91 Å². The Morgan fingerprint density at radius 3 is 2.31 bits per heavy atom. The van der Waals surface area contributed by atoms with Crippen LogP contribution in [0.2, 0.25) is 0 Å². The molecule has 0 fully saturated rings. The van der Waals surface area contributed by atoms with Crippen LogP contribution in [0.4, 0.5) is 26.3 Å². The molecular formula is C17H16F6N4O2. The highest BCUT2D eigenvalue weighted by molar-refractivity contribution is 5.97. The number of carbonyl (C=O) groups is 2. The first-order chi connectivity index (χ1) is 13.3. The van der Waals surface area contributed by atoms with Crippen molar-refractivity contribution in [1.29, 1.82) is 0 Å². The van der Waals surface area contributed by atoms with Gasteiger partial charge in [-0.3, -0.25) is 9.59 Å². The Kier molecular flexibility index (Phi) is 6.24. The van der Waals surface area contributed by atoms with E-state index in [1.54, 1.807) is 13.8 Å². The van der Waals surface area contributed by atoms with E-state index in [2.05, 4.69) is 10.4 Å². The molecule has 0 bridgehead atoms. The van der Waals surface area contributed by atoms with Gasteiger partial charge in [-0.05, 0) is 32.0 Å². The topological polar surface area (TPSA) is 76.0 Å². The van der Waals surface area contributed by atoms with E-state index >= 15 is 0 Å². The molecule has 0 saturated heterocycles. The summed E-state index contributed by atoms with van der Waals surface area (Å²) in [6.45, 7) is 2.73. The monoisotopic (exact) mass is 422 g/mol. The predicted molar refractivity (Wildman–Crippen MR) is 89.2 cm³/mol. The van der Waals surface area contributed by atoms with Crippen LogP contribution in [0.5, 0.6) is 0 Å². The van der Waals surface area contributed by atoms with Crippen molar-refractivity contribution in [3.8, 4) is 5.69 Å². The van der Waals surface area contributed by atoms with Crippen molar-refractivity contribution in [1.82, 2.24) is 20.4 Å². The second-order valence-electron chi connectivity index (χ2n) is 6.27. The third-order valence-corrected chi connectivity index (χ3v) is 3.56. The predicted octanol–water partition coefficient (Wildman–Crippen LogP) is 3.16. The molecule has 0 saturated carbocycles. The summed E-state index contributed by atoms with van der Waals surface area (Å²) in [5, 5.41) is 7.92. The lowest BCUT2D eigenvalue weighted by molar-refractivity contribution is -0.143. The zero-order valence-electron chi connectivity index (χ0n) is 15.1. The molecule has 0 aliphatic heterocycles. The van der Waals surface area contributed by atoms with Crippen LogP contribution < -0.4 is 10.6 Å². The number of hydrogen-bond donors (Lipinski definition) is 2. The largest absolute Gasteiger partial charge is 0.434 e. The molecule has 2 amide bonds. The number of rotatable bonds is 5. The van der Waals surface area contributed by atoms with Crippen molar-refractivity contribution < 1.29 is 35.9 Å². The molecular weight excluding hydrogens is 406 g/mol. The molecule has 1 aromatic carbocycles. The highest BCUT2D eigenvalue weighted by Gasteiger charge is 2.41. The summed E-state index contributed by atoms with van der Waals surface area (Å²) < 4.78 is 79.5. The lowest BCUT2D eigenvalue weighted by Gasteiger charge is -2.14. The van der Waals surface area contributed by atoms with Gasteiger partial charge in [-0.1, -0.05) is 6.07 Å². The number of carbonyl (C=O) groups excluding carboxylic acids is 2. The summed E-state index contributed by atoms with van der Waals surface area (Å²) in [7, 11) is 0. The molecule has 2 N–H and O–H groups in total. The normalized spacial score (nSPS) is 12.2. The molecule has 0 atom stereocenters. The first-order valence-corrected chi connectivity index (χ1v) is 8.21. The smallest absolute Gasteiger partial charge is 0.352 e. The Morgan fingerprint density at radius 2 is 1.76 bits per heavy atom. The van der Waals surface area contributed by atoms with E-state index in [0.717, 1.165) is 12.1 Å². The summed E-state index contributed by atoms with van der Waals surface area (Å²) in [4.78, 5) is 23.7. The molecule has 0 aliphatic carbocycles. The highest BCUT2D eigenvalue weighted by Crippen LogP contribution is 2.35. The lowest BCUT2D eigenvalue weighted by Crippen LogP contribution is -2.40. The first-order valence-electron chi connectivity index (χ1n) is 8.21. The molecule has 0 unspecified atom stereocenters. The number of benzene rings is 1. The van der Waals surface area contributed by atoms with Gasteiger partial charge in [0.2, 0.25) is 5.91 Å². The second-order valence-corrected chi connectivity index (χ2v) is 6.27. The van der Waals surface area contributed by atoms with Gasteiger partial charge in [0.05, 0.1) is 29.6 Å². The summed E-state index contributed by atoms with van der Waals surface area (Å²) in [5.74, 6) is -1.86. The molecule has 0 spiro atoms. The van der Waals surface area contributed by atoms with Gasteiger partial charge in [0.1, 0.15) is 0 Å². The summed E-state index contributed by atoms with van der Waals surface area (Å²) in [5.41, 5.74) is -4.18. The lowest BCUT2D eigenvalue weighted by atomic mass is 10.1. The minimum absolute atomic E-state index is 0.207. The Morgan fingerprint density at radius 1 is 1.10 bits per heavy atom. The van der Waals surface area contributed by atoms with Crippen molar-refractivity contribution in [2.24, 2.45) is 0 Å². The van der Waals surface area contributed by atoms with Gasteiger partial charge in [0.15, 0.2) is 5.69 Å². The van der Waals surface area contributed by atoms with E-state index in [0.29, 0.717) is 18.3 Å². The molecule has 29 heavy (non-hydrogen) atoms. The van der Waals surface area contributed by atoms with Crippen molar-refractivity contribution in [2.75, 3.05) is 6.54 Å². The number of nitrogens with one attached hydrogen (secondary N) is 2. The average molecular weight is 422 g/mol. The zero-order valence-corrected chi connectivity index (χ0v) is 15.1. The average Bonchev–Trinajstić information content (AvgIpc) is 3.04. The maximum Gasteiger partial charge on any atom is 0.434 e. The fourth-order valence-electron chi connectivity index (χ4n) is 2.43. The third-order valence-electron chi connectivity index (χ3n) is 3.56. The van der Waals surface area contributed by atoms with Crippen LogP contribution in [0, 0.1) is 0 Å². The van der Waals surface area contributed by atoms with Crippen LogP contribution in [-0.2, 0) is 17.1 Å². The summed E-state index contributed by atoms with van der Waals surface area (Å²) in [6.07, 6.45) is -9.29. The third kappa shape index (κ3) is 5.48. The van der Waals surface area contributed by atoms with Crippen LogP contribution in [0.25, 0.3) is 5.69 Å². The van der Waals surface area contributed by atoms with E-state index in [9.17, 15) is 35.9 Å². The Balaban J connectivity index is 2.39. The molecule has 1 aromatic heterocycles. The maximum absolute atomic E-state index is 13.6. The van der Waals surface area contributed by atoms with Crippen LogP contribution in [0.15, 0.2) is 30.5 Å². The summed E-state index contributed by atoms with van der Waals surface area (Å²) in [6, 6.07) is 2.86. The van der Waals surface area contributed by atoms with Crippen LogP contribution in [-0.4, -0.2) is 34.2 Å². The Hall–Kier alpha value is -3.05. The number of amides is 2. The van der Waals surface area contributed by atoms with Gasteiger partial charge in [-0.25, -0.2) is 4.68 Å². The standard InChI is InChI=1S/C17H16F6N4O2/c1-9(2)26-13(28)8-24-15(29)12-7-25-27(14(12)17(21,22)23)11-5-3-4-10(6-11)16(18,19)20/h3-7,9H,8H2,1-2H3,(H,24,29)(H,26,28). The molecule has 2 aromatic rings. The van der Waals surface area contributed by atoms with E-state index in [-0.39, 0.29) is 10.7 Å². The number of hydrogen-bond acceptors (Lipinski definition) is 3. The second kappa shape index (κ2) is 8.13. The van der Waals surface area contributed by atoms with Crippen LogP contribution in [0.1, 0.15) is 35.5 Å². The first kappa shape index (κ1) is 22.2. The van der Waals surface area contributed by atoms with Gasteiger partial charge >= 0.3 is 12.4 Å². The molecule has 12 heteroatoms. The number of halogens is 6.